The molecule has 0 amide bonds. The van der Waals surface area contributed by atoms with Crippen molar-refractivity contribution >= 4 is 38.5 Å². The van der Waals surface area contributed by atoms with Gasteiger partial charge in [0.1, 0.15) is 13.2 Å². The second-order valence-corrected chi connectivity index (χ2v) is 9.34. The number of fused-ring (bicyclic) bond motifs is 2. The molecule has 0 radical (unpaired) electrons. The van der Waals surface area contributed by atoms with Gasteiger partial charge in [-0.05, 0) is 50.2 Å². The van der Waals surface area contributed by atoms with Crippen LogP contribution >= 0.6 is 11.6 Å². The Morgan fingerprint density at radius 1 is 1.12 bits per heavy atom. The Morgan fingerprint density at radius 3 is 2.62 bits per heavy atom. The molecule has 8 nitrogen and oxygen atoms in total. The fourth-order valence-electron chi connectivity index (χ4n) is 3.43. The van der Waals surface area contributed by atoms with Gasteiger partial charge >= 0.3 is 5.97 Å². The second-order valence-electron chi connectivity index (χ2n) is 7.12. The number of carbonyl (C=O) groups is 1. The number of aromatic nitrogens is 1. The summed E-state index contributed by atoms with van der Waals surface area (Å²) in [7, 11) is -4.04. The Kier molecular flexibility index (Phi) is 6.32. The van der Waals surface area contributed by atoms with Gasteiger partial charge in [0.2, 0.25) is 0 Å². The molecule has 2 heterocycles. The predicted molar refractivity (Wildman–Crippen MR) is 118 cm³/mol. The van der Waals surface area contributed by atoms with Crippen molar-refractivity contribution in [1.29, 1.82) is 0 Å². The van der Waals surface area contributed by atoms with Crippen molar-refractivity contribution in [3.05, 3.63) is 53.2 Å². The lowest BCUT2D eigenvalue weighted by atomic mass is 10.2. The molecule has 0 N–H and O–H groups in total. The Balaban J connectivity index is 1.76. The van der Waals surface area contributed by atoms with Crippen LogP contribution in [0.2, 0.25) is 5.02 Å². The first-order valence-corrected chi connectivity index (χ1v) is 11.9. The summed E-state index contributed by atoms with van der Waals surface area (Å²) in [5, 5.41) is 1.10. The van der Waals surface area contributed by atoms with E-state index in [-0.39, 0.29) is 18.1 Å². The van der Waals surface area contributed by atoms with Crippen LogP contribution in [0.1, 0.15) is 19.5 Å². The first kappa shape index (κ1) is 22.4. The molecule has 1 aliphatic rings. The molecule has 0 saturated heterocycles. The van der Waals surface area contributed by atoms with Crippen LogP contribution in [0.5, 0.6) is 11.5 Å². The quantitative estimate of drug-likeness (QED) is 0.476. The summed E-state index contributed by atoms with van der Waals surface area (Å²) in [5.41, 5.74) is 0.778. The third kappa shape index (κ3) is 4.28. The molecule has 1 atom stereocenters. The zero-order valence-corrected chi connectivity index (χ0v) is 19.1. The molecule has 170 valence electrons. The number of benzene rings is 2. The minimum absolute atomic E-state index is 0.0360. The normalized spacial score (nSPS) is 14.3. The van der Waals surface area contributed by atoms with E-state index >= 15 is 0 Å². The van der Waals surface area contributed by atoms with Gasteiger partial charge in [0.05, 0.1) is 29.3 Å². The molecule has 0 saturated carbocycles. The molecule has 0 bridgehead atoms. The molecule has 0 aliphatic carbocycles. The van der Waals surface area contributed by atoms with Crippen LogP contribution in [-0.4, -0.2) is 44.3 Å². The Morgan fingerprint density at radius 2 is 1.88 bits per heavy atom. The van der Waals surface area contributed by atoms with E-state index in [1.54, 1.807) is 44.2 Å². The van der Waals surface area contributed by atoms with Crippen molar-refractivity contribution in [3.63, 3.8) is 0 Å². The molecule has 4 rings (SSSR count). The maximum Gasteiger partial charge on any atom is 0.334 e. The van der Waals surface area contributed by atoms with Crippen LogP contribution < -0.4 is 9.47 Å². The highest BCUT2D eigenvalue weighted by Crippen LogP contribution is 2.35. The highest BCUT2D eigenvalue weighted by atomic mass is 35.5. The van der Waals surface area contributed by atoms with E-state index in [9.17, 15) is 13.2 Å². The van der Waals surface area contributed by atoms with Gasteiger partial charge in [-0.1, -0.05) is 11.6 Å². The average molecular weight is 480 g/mol. The highest BCUT2D eigenvalue weighted by Gasteiger charge is 2.26. The maximum absolute atomic E-state index is 13.7. The van der Waals surface area contributed by atoms with Crippen LogP contribution in [0.25, 0.3) is 10.9 Å². The third-order valence-corrected chi connectivity index (χ3v) is 6.94. The van der Waals surface area contributed by atoms with Crippen LogP contribution in [0, 0.1) is 0 Å². The van der Waals surface area contributed by atoms with Gasteiger partial charge in [-0.25, -0.2) is 17.2 Å². The van der Waals surface area contributed by atoms with Crippen LogP contribution in [-0.2, 0) is 30.9 Å². The maximum atomic E-state index is 13.7. The first-order chi connectivity index (χ1) is 15.3. The molecular formula is C22H22ClNO7S. The standard InChI is InChI=1S/C22H22ClNO7S/c1-3-28-22(25)14(2)31-13-17-11-15-10-16(23)4-6-19(15)24(17)32(26,27)18-5-7-20-21(12-18)30-9-8-29-20/h4-7,10-12,14H,3,8-9,13H2,1-2H3. The number of ether oxygens (including phenoxy) is 4. The third-order valence-electron chi connectivity index (χ3n) is 4.94. The largest absolute Gasteiger partial charge is 0.486 e. The number of halogens is 1. The van der Waals surface area contributed by atoms with Gasteiger partial charge in [0.25, 0.3) is 10.0 Å². The molecule has 0 spiro atoms. The Hall–Kier alpha value is -2.75. The number of esters is 1. The first-order valence-electron chi connectivity index (χ1n) is 10.0. The number of hydrogen-bond donors (Lipinski definition) is 0. The van der Waals surface area contributed by atoms with Crippen LogP contribution in [0.15, 0.2) is 47.4 Å². The topological polar surface area (TPSA) is 93.1 Å². The van der Waals surface area contributed by atoms with Crippen molar-refractivity contribution in [3.8, 4) is 11.5 Å². The second kappa shape index (κ2) is 9.01. The lowest BCUT2D eigenvalue weighted by Gasteiger charge is -2.19. The van der Waals surface area contributed by atoms with E-state index in [0.717, 1.165) is 0 Å². The van der Waals surface area contributed by atoms with Gasteiger partial charge in [0, 0.05) is 16.5 Å². The lowest BCUT2D eigenvalue weighted by Crippen LogP contribution is -2.24. The van der Waals surface area contributed by atoms with Crippen LogP contribution in [0.3, 0.4) is 0 Å². The van der Waals surface area contributed by atoms with Gasteiger partial charge in [-0.3, -0.25) is 0 Å². The Labute approximate surface area is 190 Å². The number of rotatable bonds is 7. The molecule has 3 aromatic rings. The lowest BCUT2D eigenvalue weighted by molar-refractivity contribution is -0.156. The van der Waals surface area contributed by atoms with Gasteiger partial charge in [-0.2, -0.15) is 0 Å². The smallest absolute Gasteiger partial charge is 0.334 e. The van der Waals surface area contributed by atoms with Crippen molar-refractivity contribution in [2.24, 2.45) is 0 Å². The van der Waals surface area contributed by atoms with E-state index in [1.165, 1.54) is 16.1 Å². The summed E-state index contributed by atoms with van der Waals surface area (Å²) in [6.07, 6.45) is -0.859. The summed E-state index contributed by atoms with van der Waals surface area (Å²) in [4.78, 5) is 11.9. The molecule has 0 fully saturated rings. The van der Waals surface area contributed by atoms with E-state index in [1.807, 2.05) is 0 Å². The van der Waals surface area contributed by atoms with Gasteiger partial charge in [0.15, 0.2) is 17.6 Å². The SMILES string of the molecule is CCOC(=O)C(C)OCc1cc2cc(Cl)ccc2n1S(=O)(=O)c1ccc2c(c1)OCCO2. The highest BCUT2D eigenvalue weighted by molar-refractivity contribution is 7.90. The van der Waals surface area contributed by atoms with E-state index in [2.05, 4.69) is 0 Å². The van der Waals surface area contributed by atoms with Gasteiger partial charge < -0.3 is 18.9 Å². The zero-order chi connectivity index (χ0) is 22.9. The number of nitrogens with zero attached hydrogens (tertiary/aromatic N) is 1. The van der Waals surface area contributed by atoms with Crippen molar-refractivity contribution in [1.82, 2.24) is 3.97 Å². The van der Waals surface area contributed by atoms with Crippen LogP contribution in [0.4, 0.5) is 0 Å². The van der Waals surface area contributed by atoms with Crippen molar-refractivity contribution in [2.75, 3.05) is 19.8 Å². The summed E-state index contributed by atoms with van der Waals surface area (Å²) >= 11 is 6.11. The van der Waals surface area contributed by atoms with Crippen molar-refractivity contribution in [2.45, 2.75) is 31.5 Å². The Bertz CT molecular complexity index is 1270. The summed E-state index contributed by atoms with van der Waals surface area (Å²) in [5.74, 6) is 0.338. The molecule has 1 aromatic heterocycles. The molecule has 2 aromatic carbocycles. The predicted octanol–water partition coefficient (Wildman–Crippen LogP) is 3.77. The summed E-state index contributed by atoms with van der Waals surface area (Å²) < 4.78 is 50.2. The minimum atomic E-state index is -4.04. The van der Waals surface area contributed by atoms with E-state index in [0.29, 0.717) is 46.3 Å². The fourth-order valence-corrected chi connectivity index (χ4v) is 5.16. The summed E-state index contributed by atoms with van der Waals surface area (Å²) in [6.45, 7) is 4.09. The molecule has 10 heteroatoms. The zero-order valence-electron chi connectivity index (χ0n) is 17.5. The fraction of sp³-hybridized carbons (Fsp3) is 0.318. The van der Waals surface area contributed by atoms with Crippen molar-refractivity contribution < 1.29 is 32.2 Å². The summed E-state index contributed by atoms with van der Waals surface area (Å²) in [6, 6.07) is 11.1. The molecular weight excluding hydrogens is 458 g/mol. The molecule has 1 unspecified atom stereocenters. The number of hydrogen-bond acceptors (Lipinski definition) is 7. The minimum Gasteiger partial charge on any atom is -0.486 e. The van der Waals surface area contributed by atoms with Gasteiger partial charge in [-0.15, -0.1) is 0 Å². The van der Waals surface area contributed by atoms with E-state index < -0.39 is 22.1 Å². The molecule has 32 heavy (non-hydrogen) atoms. The monoisotopic (exact) mass is 479 g/mol. The molecule has 1 aliphatic heterocycles. The number of carbonyl (C=O) groups excluding carboxylic acids is 1. The van der Waals surface area contributed by atoms with E-state index in [4.69, 9.17) is 30.5 Å². The average Bonchev–Trinajstić information content (AvgIpc) is 3.15.